The smallest absolute Gasteiger partial charge is 0.0154 e. The number of thioether (sulfide) groups is 1. The van der Waals surface area contributed by atoms with Crippen molar-refractivity contribution in [3.8, 4) is 0 Å². The molecule has 0 aliphatic carbocycles. The molecule has 0 saturated carbocycles. The zero-order valence-electron chi connectivity index (χ0n) is 8.35. The van der Waals surface area contributed by atoms with Gasteiger partial charge in [-0.05, 0) is 30.6 Å². The molecule has 0 saturated heterocycles. The number of rotatable bonds is 3. The monoisotopic (exact) mass is 172 g/mol. The van der Waals surface area contributed by atoms with Crippen molar-refractivity contribution in [2.45, 2.75) is 41.0 Å². The molecule has 0 amide bonds. The topological polar surface area (TPSA) is 0 Å². The van der Waals surface area contributed by atoms with Gasteiger partial charge in [-0.2, -0.15) is 0 Å². The first kappa shape index (κ1) is 13.4. The zero-order chi connectivity index (χ0) is 9.11. The summed E-state index contributed by atoms with van der Waals surface area (Å²) in [6, 6.07) is 0. The second-order valence-corrected chi connectivity index (χ2v) is 2.73. The van der Waals surface area contributed by atoms with E-state index in [0.717, 1.165) is 6.42 Å². The fraction of sp³-hybridized carbons (Fsp3) is 0.600. The predicted octanol–water partition coefficient (Wildman–Crippen LogP) is 4.59. The van der Waals surface area contributed by atoms with Crippen LogP contribution >= 0.6 is 11.8 Å². The first-order valence-electron chi connectivity index (χ1n) is 4.28. The predicted molar refractivity (Wildman–Crippen MR) is 57.8 cm³/mol. The molecule has 0 N–H and O–H groups in total. The molecule has 0 fully saturated rings. The average molecular weight is 172 g/mol. The molecule has 0 aliphatic heterocycles. The Morgan fingerprint density at radius 3 is 2.09 bits per heavy atom. The van der Waals surface area contributed by atoms with Gasteiger partial charge in [-0.25, -0.2) is 0 Å². The molecule has 0 aromatic heterocycles. The van der Waals surface area contributed by atoms with Gasteiger partial charge in [0.15, 0.2) is 0 Å². The van der Waals surface area contributed by atoms with Crippen LogP contribution in [0.15, 0.2) is 22.5 Å². The molecule has 0 atom stereocenters. The quantitative estimate of drug-likeness (QED) is 0.600. The minimum Gasteiger partial charge on any atom is -0.103 e. The van der Waals surface area contributed by atoms with E-state index >= 15 is 0 Å². The first-order chi connectivity index (χ1) is 5.35. The summed E-state index contributed by atoms with van der Waals surface area (Å²) in [6.45, 7) is 10.3. The Hall–Kier alpha value is -0.170. The summed E-state index contributed by atoms with van der Waals surface area (Å²) in [7, 11) is 0. The molecule has 0 aromatic rings. The van der Waals surface area contributed by atoms with E-state index in [9.17, 15) is 0 Å². The SMILES string of the molecule is C/C=C\S/C(=C/C)CC.CC. The van der Waals surface area contributed by atoms with Crippen LogP contribution in [0.5, 0.6) is 0 Å². The van der Waals surface area contributed by atoms with E-state index in [-0.39, 0.29) is 0 Å². The standard InChI is InChI=1S/C8H14S.C2H6/c1-4-7-9-8(5-2)6-3;1-2/h4-5,7H,6H2,1-3H3;1-2H3/b7-4-,8-5+;. The molecule has 1 heteroatoms. The Morgan fingerprint density at radius 1 is 1.27 bits per heavy atom. The fourth-order valence-corrected chi connectivity index (χ4v) is 1.12. The van der Waals surface area contributed by atoms with Crippen LogP contribution in [0.1, 0.15) is 41.0 Å². The fourth-order valence-electron chi connectivity index (χ4n) is 0.511. The van der Waals surface area contributed by atoms with Crippen molar-refractivity contribution in [1.82, 2.24) is 0 Å². The van der Waals surface area contributed by atoms with Crippen LogP contribution in [0, 0.1) is 0 Å². The van der Waals surface area contributed by atoms with E-state index in [2.05, 4.69) is 31.4 Å². The van der Waals surface area contributed by atoms with Crippen molar-refractivity contribution in [2.24, 2.45) is 0 Å². The van der Waals surface area contributed by atoms with Crippen molar-refractivity contribution in [1.29, 1.82) is 0 Å². The van der Waals surface area contributed by atoms with Crippen LogP contribution in [-0.2, 0) is 0 Å². The van der Waals surface area contributed by atoms with Crippen molar-refractivity contribution < 1.29 is 0 Å². The highest BCUT2D eigenvalue weighted by molar-refractivity contribution is 8.05. The van der Waals surface area contributed by atoms with Crippen molar-refractivity contribution >= 4 is 11.8 Å². The Balaban J connectivity index is 0. The molecule has 0 spiro atoms. The highest BCUT2D eigenvalue weighted by Gasteiger charge is 1.86. The maximum Gasteiger partial charge on any atom is -0.0154 e. The largest absolute Gasteiger partial charge is 0.103 e. The van der Waals surface area contributed by atoms with E-state index in [1.54, 1.807) is 11.8 Å². The van der Waals surface area contributed by atoms with Crippen LogP contribution in [-0.4, -0.2) is 0 Å². The van der Waals surface area contributed by atoms with E-state index in [1.807, 2.05) is 20.8 Å². The van der Waals surface area contributed by atoms with E-state index < -0.39 is 0 Å². The maximum absolute atomic E-state index is 2.17. The molecular formula is C10H20S. The molecule has 0 rings (SSSR count). The number of allylic oxidation sites excluding steroid dienone is 3. The Labute approximate surface area is 75.8 Å². The van der Waals surface area contributed by atoms with Gasteiger partial charge >= 0.3 is 0 Å². The summed E-state index contributed by atoms with van der Waals surface area (Å²) in [5.74, 6) is 0. The highest BCUT2D eigenvalue weighted by Crippen LogP contribution is 2.19. The summed E-state index contributed by atoms with van der Waals surface area (Å²) in [4.78, 5) is 1.44. The van der Waals surface area contributed by atoms with Crippen LogP contribution < -0.4 is 0 Å². The molecule has 0 bridgehead atoms. The lowest BCUT2D eigenvalue weighted by atomic mass is 10.4. The second kappa shape index (κ2) is 12.5. The normalized spacial score (nSPS) is 11.2. The molecule has 66 valence electrons. The molecule has 0 unspecified atom stereocenters. The van der Waals surface area contributed by atoms with Gasteiger partial charge in [-0.1, -0.05) is 32.9 Å². The van der Waals surface area contributed by atoms with Gasteiger partial charge in [0.1, 0.15) is 0 Å². The maximum atomic E-state index is 2.17. The Morgan fingerprint density at radius 2 is 1.82 bits per heavy atom. The van der Waals surface area contributed by atoms with Crippen molar-refractivity contribution in [2.75, 3.05) is 0 Å². The third-order valence-electron chi connectivity index (χ3n) is 1.03. The average Bonchev–Trinajstić information content (AvgIpc) is 2.10. The third-order valence-corrected chi connectivity index (χ3v) is 2.26. The van der Waals surface area contributed by atoms with E-state index in [4.69, 9.17) is 0 Å². The van der Waals surface area contributed by atoms with Crippen molar-refractivity contribution in [3.05, 3.63) is 22.5 Å². The lowest BCUT2D eigenvalue weighted by molar-refractivity contribution is 1.19. The van der Waals surface area contributed by atoms with Gasteiger partial charge in [-0.3, -0.25) is 0 Å². The lowest BCUT2D eigenvalue weighted by Gasteiger charge is -1.94. The third kappa shape index (κ3) is 9.83. The van der Waals surface area contributed by atoms with Gasteiger partial charge in [0, 0.05) is 0 Å². The van der Waals surface area contributed by atoms with Gasteiger partial charge in [-0.15, -0.1) is 11.8 Å². The van der Waals surface area contributed by atoms with Crippen LogP contribution in [0.2, 0.25) is 0 Å². The molecular weight excluding hydrogens is 152 g/mol. The lowest BCUT2D eigenvalue weighted by Crippen LogP contribution is -1.66. The minimum atomic E-state index is 1.14. The summed E-state index contributed by atoms with van der Waals surface area (Å²) in [5.41, 5.74) is 0. The van der Waals surface area contributed by atoms with Crippen LogP contribution in [0.25, 0.3) is 0 Å². The van der Waals surface area contributed by atoms with Gasteiger partial charge in [0.2, 0.25) is 0 Å². The molecule has 0 nitrogen and oxygen atoms in total. The molecule has 0 heterocycles. The van der Waals surface area contributed by atoms with Gasteiger partial charge < -0.3 is 0 Å². The molecule has 0 radical (unpaired) electrons. The number of hydrogen-bond acceptors (Lipinski definition) is 1. The van der Waals surface area contributed by atoms with Crippen LogP contribution in [0.4, 0.5) is 0 Å². The summed E-state index contributed by atoms with van der Waals surface area (Å²) < 4.78 is 0. The van der Waals surface area contributed by atoms with E-state index in [0.29, 0.717) is 0 Å². The van der Waals surface area contributed by atoms with Gasteiger partial charge in [0.25, 0.3) is 0 Å². The van der Waals surface area contributed by atoms with Crippen LogP contribution in [0.3, 0.4) is 0 Å². The van der Waals surface area contributed by atoms with Gasteiger partial charge in [0.05, 0.1) is 0 Å². The van der Waals surface area contributed by atoms with E-state index in [1.165, 1.54) is 4.91 Å². The first-order valence-corrected chi connectivity index (χ1v) is 5.16. The summed E-state index contributed by atoms with van der Waals surface area (Å²) >= 11 is 1.80. The zero-order valence-corrected chi connectivity index (χ0v) is 9.16. The second-order valence-electron chi connectivity index (χ2n) is 1.70. The number of hydrogen-bond donors (Lipinski definition) is 0. The molecule has 11 heavy (non-hydrogen) atoms. The highest BCUT2D eigenvalue weighted by atomic mass is 32.2. The Bertz CT molecular complexity index is 112. The van der Waals surface area contributed by atoms with Crippen molar-refractivity contribution in [3.63, 3.8) is 0 Å². The minimum absolute atomic E-state index is 1.14. The Kier molecular flexibility index (Phi) is 15.3. The summed E-state index contributed by atoms with van der Waals surface area (Å²) in [6.07, 6.45) is 5.36. The molecule has 0 aromatic carbocycles. The summed E-state index contributed by atoms with van der Waals surface area (Å²) in [5, 5.41) is 2.11. The molecule has 0 aliphatic rings.